The fourth-order valence-electron chi connectivity index (χ4n) is 1.95. The Hall–Kier alpha value is -1.19. The minimum absolute atomic E-state index is 0.100. The summed E-state index contributed by atoms with van der Waals surface area (Å²) in [5, 5.41) is 11.8. The summed E-state index contributed by atoms with van der Waals surface area (Å²) in [5.41, 5.74) is 0. The highest BCUT2D eigenvalue weighted by Gasteiger charge is 2.18. The molecule has 0 amide bonds. The number of rotatable bonds is 6. The Labute approximate surface area is 137 Å². The van der Waals surface area contributed by atoms with Crippen molar-refractivity contribution in [1.82, 2.24) is 4.31 Å². The van der Waals surface area contributed by atoms with Crippen molar-refractivity contribution in [2.24, 2.45) is 0 Å². The number of halogens is 1. The van der Waals surface area contributed by atoms with Gasteiger partial charge in [0, 0.05) is 13.6 Å². The molecule has 22 heavy (non-hydrogen) atoms. The lowest BCUT2D eigenvalue weighted by molar-refractivity contribution is 0.0915. The Morgan fingerprint density at radius 3 is 2.64 bits per heavy atom. The molecule has 0 radical (unpaired) electrons. The first-order chi connectivity index (χ1) is 10.3. The molecule has 0 saturated heterocycles. The van der Waals surface area contributed by atoms with E-state index in [4.69, 9.17) is 9.29 Å². The predicted octanol–water partition coefficient (Wildman–Crippen LogP) is 2.08. The summed E-state index contributed by atoms with van der Waals surface area (Å²) in [6, 6.07) is 11.4. The molecule has 0 aromatic heterocycles. The Balaban J connectivity index is 2.04. The maximum absolute atomic E-state index is 10.9. The standard InChI is InChI=1S/C14H16BrNO5S/c1-16(22(18,19)20)8-11(17)9-21-13-7-6-10-4-2-3-5-12(10)14(13)15/h2-7,11,17H,8-9H2,1H3,(H,18,19,20). The lowest BCUT2D eigenvalue weighted by Crippen LogP contribution is -2.36. The number of hydrogen-bond donors (Lipinski definition) is 2. The molecule has 2 aromatic rings. The molecule has 120 valence electrons. The molecular weight excluding hydrogens is 374 g/mol. The summed E-state index contributed by atoms with van der Waals surface area (Å²) in [5.74, 6) is 0.548. The molecule has 1 atom stereocenters. The highest BCUT2D eigenvalue weighted by Crippen LogP contribution is 2.33. The Bertz CT molecular complexity index is 765. The van der Waals surface area contributed by atoms with Gasteiger partial charge in [0.1, 0.15) is 18.5 Å². The second kappa shape index (κ2) is 6.93. The molecule has 0 saturated carbocycles. The smallest absolute Gasteiger partial charge is 0.335 e. The van der Waals surface area contributed by atoms with Gasteiger partial charge in [0.05, 0.1) is 4.47 Å². The molecule has 2 aromatic carbocycles. The van der Waals surface area contributed by atoms with E-state index in [0.717, 1.165) is 15.2 Å². The van der Waals surface area contributed by atoms with Crippen LogP contribution in [0.2, 0.25) is 0 Å². The Kier molecular flexibility index (Phi) is 5.41. The van der Waals surface area contributed by atoms with Crippen molar-refractivity contribution in [3.8, 4) is 5.75 Å². The topological polar surface area (TPSA) is 87.1 Å². The van der Waals surface area contributed by atoms with Crippen LogP contribution in [0.25, 0.3) is 10.8 Å². The number of benzene rings is 2. The van der Waals surface area contributed by atoms with Crippen LogP contribution in [-0.2, 0) is 10.3 Å². The highest BCUT2D eigenvalue weighted by atomic mass is 79.9. The van der Waals surface area contributed by atoms with Crippen molar-refractivity contribution in [2.45, 2.75) is 6.10 Å². The number of fused-ring (bicyclic) bond motifs is 1. The van der Waals surface area contributed by atoms with E-state index in [-0.39, 0.29) is 13.2 Å². The minimum Gasteiger partial charge on any atom is -0.490 e. The van der Waals surface area contributed by atoms with Gasteiger partial charge >= 0.3 is 10.3 Å². The Morgan fingerprint density at radius 1 is 1.27 bits per heavy atom. The number of aliphatic hydroxyl groups excluding tert-OH is 1. The van der Waals surface area contributed by atoms with Crippen molar-refractivity contribution < 1.29 is 22.8 Å². The minimum atomic E-state index is -4.31. The third-order valence-electron chi connectivity index (χ3n) is 3.12. The first kappa shape index (κ1) is 17.2. The summed E-state index contributed by atoms with van der Waals surface area (Å²) in [4.78, 5) is 0. The van der Waals surface area contributed by atoms with E-state index in [1.165, 1.54) is 7.05 Å². The maximum atomic E-state index is 10.9. The van der Waals surface area contributed by atoms with Crippen LogP contribution in [0.4, 0.5) is 0 Å². The van der Waals surface area contributed by atoms with Gasteiger partial charge in [-0.15, -0.1) is 0 Å². The lowest BCUT2D eigenvalue weighted by Gasteiger charge is -2.18. The summed E-state index contributed by atoms with van der Waals surface area (Å²) < 4.78 is 37.5. The maximum Gasteiger partial charge on any atom is 0.335 e. The molecular formula is C14H16BrNO5S. The average molecular weight is 390 g/mol. The van der Waals surface area contributed by atoms with Crippen molar-refractivity contribution >= 4 is 37.0 Å². The second-order valence-corrected chi connectivity index (χ2v) is 7.13. The van der Waals surface area contributed by atoms with E-state index in [0.29, 0.717) is 10.1 Å². The van der Waals surface area contributed by atoms with E-state index in [9.17, 15) is 13.5 Å². The van der Waals surface area contributed by atoms with E-state index in [2.05, 4.69) is 15.9 Å². The van der Waals surface area contributed by atoms with E-state index >= 15 is 0 Å². The van der Waals surface area contributed by atoms with Gasteiger partial charge in [-0.1, -0.05) is 30.3 Å². The molecule has 2 rings (SSSR count). The normalized spacial score (nSPS) is 13.5. The quantitative estimate of drug-likeness (QED) is 0.738. The van der Waals surface area contributed by atoms with E-state index in [1.807, 2.05) is 30.3 Å². The summed E-state index contributed by atoms with van der Waals surface area (Å²) >= 11 is 3.46. The van der Waals surface area contributed by atoms with Gasteiger partial charge in [-0.05, 0) is 32.8 Å². The Morgan fingerprint density at radius 2 is 1.95 bits per heavy atom. The number of likely N-dealkylation sites (N-methyl/N-ethyl adjacent to an activating group) is 1. The molecule has 0 aliphatic carbocycles. The summed E-state index contributed by atoms with van der Waals surface area (Å²) in [6.07, 6.45) is -1.06. The number of hydrogen-bond acceptors (Lipinski definition) is 4. The molecule has 6 nitrogen and oxygen atoms in total. The van der Waals surface area contributed by atoms with Crippen LogP contribution in [0.15, 0.2) is 40.9 Å². The van der Waals surface area contributed by atoms with Crippen LogP contribution in [-0.4, -0.2) is 48.7 Å². The van der Waals surface area contributed by atoms with Gasteiger partial charge in [-0.25, -0.2) is 0 Å². The lowest BCUT2D eigenvalue weighted by atomic mass is 10.1. The first-order valence-corrected chi connectivity index (χ1v) is 8.65. The van der Waals surface area contributed by atoms with Crippen molar-refractivity contribution in [3.63, 3.8) is 0 Å². The number of nitrogens with zero attached hydrogens (tertiary/aromatic N) is 1. The third kappa shape index (κ3) is 4.17. The van der Waals surface area contributed by atoms with Gasteiger partial charge in [0.2, 0.25) is 0 Å². The molecule has 8 heteroatoms. The van der Waals surface area contributed by atoms with Crippen LogP contribution in [0, 0.1) is 0 Å². The highest BCUT2D eigenvalue weighted by molar-refractivity contribution is 9.10. The van der Waals surface area contributed by atoms with Gasteiger partial charge < -0.3 is 9.84 Å². The second-order valence-electron chi connectivity index (χ2n) is 4.82. The molecule has 0 aliphatic rings. The summed E-state index contributed by atoms with van der Waals surface area (Å²) in [6.45, 7) is -0.360. The van der Waals surface area contributed by atoms with Crippen LogP contribution in [0.3, 0.4) is 0 Å². The first-order valence-electron chi connectivity index (χ1n) is 6.46. The fourth-order valence-corrected chi connectivity index (χ4v) is 2.92. The number of ether oxygens (including phenoxy) is 1. The zero-order valence-electron chi connectivity index (χ0n) is 11.8. The zero-order valence-corrected chi connectivity index (χ0v) is 14.2. The van der Waals surface area contributed by atoms with Crippen LogP contribution >= 0.6 is 15.9 Å². The van der Waals surface area contributed by atoms with Crippen LogP contribution < -0.4 is 4.74 Å². The molecule has 1 unspecified atom stereocenters. The molecule has 0 bridgehead atoms. The van der Waals surface area contributed by atoms with Crippen molar-refractivity contribution in [2.75, 3.05) is 20.2 Å². The average Bonchev–Trinajstić information content (AvgIpc) is 2.46. The molecule has 0 heterocycles. The SMILES string of the molecule is CN(CC(O)COc1ccc2ccccc2c1Br)S(=O)(=O)O. The van der Waals surface area contributed by atoms with Crippen LogP contribution in [0.1, 0.15) is 0 Å². The third-order valence-corrected chi connectivity index (χ3v) is 4.88. The molecule has 0 spiro atoms. The molecule has 0 fully saturated rings. The summed E-state index contributed by atoms with van der Waals surface area (Å²) in [7, 11) is -3.14. The van der Waals surface area contributed by atoms with Gasteiger partial charge in [0.25, 0.3) is 0 Å². The van der Waals surface area contributed by atoms with E-state index in [1.54, 1.807) is 6.07 Å². The van der Waals surface area contributed by atoms with Gasteiger partial charge in [-0.2, -0.15) is 12.7 Å². The van der Waals surface area contributed by atoms with Crippen LogP contribution in [0.5, 0.6) is 5.75 Å². The molecule has 2 N–H and O–H groups in total. The van der Waals surface area contributed by atoms with Gasteiger partial charge in [-0.3, -0.25) is 4.55 Å². The molecule has 0 aliphatic heterocycles. The predicted molar refractivity (Wildman–Crippen MR) is 87.3 cm³/mol. The van der Waals surface area contributed by atoms with Gasteiger partial charge in [0.15, 0.2) is 0 Å². The van der Waals surface area contributed by atoms with Crippen molar-refractivity contribution in [1.29, 1.82) is 0 Å². The van der Waals surface area contributed by atoms with Crippen molar-refractivity contribution in [3.05, 3.63) is 40.9 Å². The zero-order chi connectivity index (χ0) is 16.3. The monoisotopic (exact) mass is 389 g/mol. The fraction of sp³-hybridized carbons (Fsp3) is 0.286. The largest absolute Gasteiger partial charge is 0.490 e. The number of aliphatic hydroxyl groups is 1. The van der Waals surface area contributed by atoms with E-state index < -0.39 is 16.4 Å².